The van der Waals surface area contributed by atoms with Gasteiger partial charge in [-0.3, -0.25) is 4.79 Å². The summed E-state index contributed by atoms with van der Waals surface area (Å²) < 4.78 is 4.96. The minimum absolute atomic E-state index is 0.271. The Morgan fingerprint density at radius 2 is 2.00 bits per heavy atom. The van der Waals surface area contributed by atoms with Gasteiger partial charge in [0.1, 0.15) is 0 Å². The van der Waals surface area contributed by atoms with Crippen molar-refractivity contribution in [2.45, 2.75) is 6.92 Å². The minimum atomic E-state index is -0.271. The van der Waals surface area contributed by atoms with Gasteiger partial charge in [-0.05, 0) is 24.3 Å². The Morgan fingerprint density at radius 3 is 2.73 bits per heavy atom. The molecule has 0 aliphatic rings. The molecule has 1 N–H and O–H groups in total. The second-order valence-electron chi connectivity index (χ2n) is 4.65. The quantitative estimate of drug-likeness (QED) is 0.795. The molecule has 5 nitrogen and oxygen atoms in total. The van der Waals surface area contributed by atoms with Crippen LogP contribution in [0, 0.1) is 6.92 Å². The molecule has 0 aliphatic heterocycles. The number of aromatic nitrogens is 2. The summed E-state index contributed by atoms with van der Waals surface area (Å²) in [5.74, 6) is 0.693. The molecule has 0 radical (unpaired) electrons. The molecule has 0 atom stereocenters. The van der Waals surface area contributed by atoms with E-state index in [0.29, 0.717) is 28.0 Å². The molecule has 1 heterocycles. The largest absolute Gasteiger partial charge is 0.339 e. The highest BCUT2D eigenvalue weighted by Gasteiger charge is 2.11. The van der Waals surface area contributed by atoms with E-state index in [-0.39, 0.29) is 5.91 Å². The monoisotopic (exact) mass is 313 g/mol. The van der Waals surface area contributed by atoms with Gasteiger partial charge < -0.3 is 9.84 Å². The highest BCUT2D eigenvalue weighted by atomic mass is 35.5. The predicted molar refractivity (Wildman–Crippen MR) is 83.9 cm³/mol. The SMILES string of the molecule is Cc1nc(-c2cccc(NC(=O)c3ccccc3Cl)c2)no1. The Morgan fingerprint density at radius 1 is 1.18 bits per heavy atom. The summed E-state index contributed by atoms with van der Waals surface area (Å²) in [5.41, 5.74) is 1.81. The maximum absolute atomic E-state index is 12.2. The first kappa shape index (κ1) is 14.3. The van der Waals surface area contributed by atoms with Crippen LogP contribution in [0.1, 0.15) is 16.2 Å². The van der Waals surface area contributed by atoms with E-state index in [1.807, 2.05) is 12.1 Å². The number of halogens is 1. The van der Waals surface area contributed by atoms with Crippen molar-refractivity contribution in [1.82, 2.24) is 10.1 Å². The van der Waals surface area contributed by atoms with Gasteiger partial charge in [-0.1, -0.05) is 41.0 Å². The Bertz CT molecular complexity index is 830. The third kappa shape index (κ3) is 2.99. The fourth-order valence-electron chi connectivity index (χ4n) is 2.00. The van der Waals surface area contributed by atoms with Gasteiger partial charge in [0.2, 0.25) is 11.7 Å². The number of amides is 1. The van der Waals surface area contributed by atoms with Crippen LogP contribution in [0.5, 0.6) is 0 Å². The standard InChI is InChI=1S/C16H12ClN3O2/c1-10-18-15(20-22-10)11-5-4-6-12(9-11)19-16(21)13-7-2-3-8-14(13)17/h2-9H,1H3,(H,19,21). The number of nitrogens with zero attached hydrogens (tertiary/aromatic N) is 2. The van der Waals surface area contributed by atoms with Crippen molar-refractivity contribution >= 4 is 23.2 Å². The fraction of sp³-hybridized carbons (Fsp3) is 0.0625. The maximum atomic E-state index is 12.2. The Balaban J connectivity index is 1.84. The van der Waals surface area contributed by atoms with Crippen LogP contribution < -0.4 is 5.32 Å². The zero-order valence-corrected chi connectivity index (χ0v) is 12.5. The van der Waals surface area contributed by atoms with E-state index in [9.17, 15) is 4.79 Å². The second-order valence-corrected chi connectivity index (χ2v) is 5.06. The molecule has 110 valence electrons. The first-order chi connectivity index (χ1) is 10.6. The molecule has 1 aromatic heterocycles. The van der Waals surface area contributed by atoms with Gasteiger partial charge in [0, 0.05) is 18.2 Å². The lowest BCUT2D eigenvalue weighted by Crippen LogP contribution is -2.12. The van der Waals surface area contributed by atoms with Crippen LogP contribution in [0.15, 0.2) is 53.1 Å². The average Bonchev–Trinajstić information content (AvgIpc) is 2.94. The van der Waals surface area contributed by atoms with Crippen LogP contribution in [0.4, 0.5) is 5.69 Å². The lowest BCUT2D eigenvalue weighted by atomic mass is 10.1. The van der Waals surface area contributed by atoms with Crippen LogP contribution in [0.3, 0.4) is 0 Å². The molecule has 0 bridgehead atoms. The van der Waals surface area contributed by atoms with Crippen LogP contribution in [0.25, 0.3) is 11.4 Å². The molecule has 0 spiro atoms. The minimum Gasteiger partial charge on any atom is -0.339 e. The van der Waals surface area contributed by atoms with Gasteiger partial charge in [0.05, 0.1) is 10.6 Å². The van der Waals surface area contributed by atoms with Gasteiger partial charge in [0.25, 0.3) is 5.91 Å². The predicted octanol–water partition coefficient (Wildman–Crippen LogP) is 3.95. The maximum Gasteiger partial charge on any atom is 0.257 e. The average molecular weight is 314 g/mol. The molecular weight excluding hydrogens is 302 g/mol. The van der Waals surface area contributed by atoms with Crippen LogP contribution >= 0.6 is 11.6 Å². The molecule has 3 rings (SSSR count). The van der Waals surface area contributed by atoms with E-state index in [4.69, 9.17) is 16.1 Å². The summed E-state index contributed by atoms with van der Waals surface area (Å²) in [6.07, 6.45) is 0. The molecule has 6 heteroatoms. The van der Waals surface area contributed by atoms with E-state index < -0.39 is 0 Å². The van der Waals surface area contributed by atoms with E-state index in [0.717, 1.165) is 5.56 Å². The van der Waals surface area contributed by atoms with Crippen molar-refractivity contribution in [3.63, 3.8) is 0 Å². The third-order valence-electron chi connectivity index (χ3n) is 3.02. The molecule has 0 saturated carbocycles. The smallest absolute Gasteiger partial charge is 0.257 e. The van der Waals surface area contributed by atoms with E-state index in [1.54, 1.807) is 43.3 Å². The van der Waals surface area contributed by atoms with Gasteiger partial charge in [-0.25, -0.2) is 0 Å². The number of carbonyl (C=O) groups excluding carboxylic acids is 1. The molecule has 3 aromatic rings. The molecule has 0 unspecified atom stereocenters. The fourth-order valence-corrected chi connectivity index (χ4v) is 2.22. The molecule has 0 fully saturated rings. The number of rotatable bonds is 3. The topological polar surface area (TPSA) is 68.0 Å². The van der Waals surface area contributed by atoms with E-state index in [1.165, 1.54) is 0 Å². The van der Waals surface area contributed by atoms with Gasteiger partial charge in [-0.2, -0.15) is 4.98 Å². The molecule has 22 heavy (non-hydrogen) atoms. The highest BCUT2D eigenvalue weighted by molar-refractivity contribution is 6.34. The molecular formula is C16H12ClN3O2. The molecule has 2 aromatic carbocycles. The van der Waals surface area contributed by atoms with Gasteiger partial charge in [0.15, 0.2) is 0 Å². The van der Waals surface area contributed by atoms with Crippen molar-refractivity contribution < 1.29 is 9.32 Å². The van der Waals surface area contributed by atoms with E-state index >= 15 is 0 Å². The Labute approximate surface area is 131 Å². The normalized spacial score (nSPS) is 10.5. The van der Waals surface area contributed by atoms with Crippen LogP contribution in [-0.2, 0) is 0 Å². The second kappa shape index (κ2) is 5.99. The van der Waals surface area contributed by atoms with Crippen molar-refractivity contribution in [1.29, 1.82) is 0 Å². The summed E-state index contributed by atoms with van der Waals surface area (Å²) in [6.45, 7) is 1.72. The zero-order chi connectivity index (χ0) is 15.5. The number of anilines is 1. The van der Waals surface area contributed by atoms with Crippen molar-refractivity contribution in [2.75, 3.05) is 5.32 Å². The number of carbonyl (C=O) groups is 1. The first-order valence-electron chi connectivity index (χ1n) is 6.60. The lowest BCUT2D eigenvalue weighted by molar-refractivity contribution is 0.102. The number of hydrogen-bond donors (Lipinski definition) is 1. The van der Waals surface area contributed by atoms with E-state index in [2.05, 4.69) is 15.5 Å². The van der Waals surface area contributed by atoms with Crippen molar-refractivity contribution in [3.05, 3.63) is 65.0 Å². The van der Waals surface area contributed by atoms with Crippen molar-refractivity contribution in [2.24, 2.45) is 0 Å². The highest BCUT2D eigenvalue weighted by Crippen LogP contribution is 2.21. The summed E-state index contributed by atoms with van der Waals surface area (Å²) in [7, 11) is 0. The zero-order valence-electron chi connectivity index (χ0n) is 11.7. The first-order valence-corrected chi connectivity index (χ1v) is 6.98. The number of nitrogens with one attached hydrogen (secondary N) is 1. The third-order valence-corrected chi connectivity index (χ3v) is 3.35. The number of aryl methyl sites for hydroxylation is 1. The number of benzene rings is 2. The van der Waals surface area contributed by atoms with Crippen molar-refractivity contribution in [3.8, 4) is 11.4 Å². The molecule has 0 aliphatic carbocycles. The Hall–Kier alpha value is -2.66. The summed E-state index contributed by atoms with van der Waals surface area (Å²) in [6, 6.07) is 14.1. The summed E-state index contributed by atoms with van der Waals surface area (Å²) in [5, 5.41) is 7.07. The summed E-state index contributed by atoms with van der Waals surface area (Å²) >= 11 is 6.02. The van der Waals surface area contributed by atoms with Crippen LogP contribution in [-0.4, -0.2) is 16.0 Å². The van der Waals surface area contributed by atoms with Gasteiger partial charge >= 0.3 is 0 Å². The lowest BCUT2D eigenvalue weighted by Gasteiger charge is -2.07. The Kier molecular flexibility index (Phi) is 3.89. The number of hydrogen-bond acceptors (Lipinski definition) is 4. The van der Waals surface area contributed by atoms with Gasteiger partial charge in [-0.15, -0.1) is 0 Å². The van der Waals surface area contributed by atoms with Crippen LogP contribution in [0.2, 0.25) is 5.02 Å². The summed E-state index contributed by atoms with van der Waals surface area (Å²) in [4.78, 5) is 16.4. The molecule has 0 saturated heterocycles. The molecule has 1 amide bonds.